The third-order valence-electron chi connectivity index (χ3n) is 19.1. The molecule has 16 aromatic rings. The second-order valence-corrected chi connectivity index (χ2v) is 24.8. The molecule has 1 aliphatic rings. The van der Waals surface area contributed by atoms with Gasteiger partial charge in [0.1, 0.15) is 0 Å². The zero-order valence-electron chi connectivity index (χ0n) is 54.2. The second-order valence-electron chi connectivity index (χ2n) is 24.8. The van der Waals surface area contributed by atoms with Gasteiger partial charge in [-0.25, -0.2) is 0 Å². The van der Waals surface area contributed by atoms with Crippen molar-refractivity contribution in [2.75, 3.05) is 0 Å². The van der Waals surface area contributed by atoms with E-state index in [1.165, 1.54) is 44.1 Å². The van der Waals surface area contributed by atoms with Gasteiger partial charge in [0.15, 0.2) is 0 Å². The summed E-state index contributed by atoms with van der Waals surface area (Å²) in [6, 6.07) is 105. The Morgan fingerprint density at radius 1 is 0.312 bits per heavy atom. The Balaban J connectivity index is 0.000000155. The lowest BCUT2D eigenvalue weighted by atomic mass is 9.82. The molecule has 13 aromatic carbocycles. The summed E-state index contributed by atoms with van der Waals surface area (Å²) < 4.78 is 6.09. The normalized spacial score (nSPS) is 12.3. The summed E-state index contributed by atoms with van der Waals surface area (Å²) in [4.78, 5) is 28.9. The molecule has 0 bridgehead atoms. The van der Waals surface area contributed by atoms with Crippen molar-refractivity contribution >= 4 is 70.7 Å². The van der Waals surface area contributed by atoms with Crippen LogP contribution >= 0.6 is 0 Å². The molecule has 0 fully saturated rings. The predicted octanol–water partition coefficient (Wildman–Crippen LogP) is 23.1. The van der Waals surface area contributed by atoms with Gasteiger partial charge in [0.05, 0.1) is 22.1 Å². The van der Waals surface area contributed by atoms with Crippen molar-refractivity contribution in [1.29, 1.82) is 0 Å². The number of fused-ring (bicyclic) bond motifs is 12. The van der Waals surface area contributed by atoms with Crippen molar-refractivity contribution in [2.24, 2.45) is 0 Å². The average molecular weight is 1240 g/mol. The Morgan fingerprint density at radius 3 is 1.39 bits per heavy atom. The first-order chi connectivity index (χ1) is 47.1. The van der Waals surface area contributed by atoms with E-state index in [0.29, 0.717) is 5.39 Å². The summed E-state index contributed by atoms with van der Waals surface area (Å²) in [5.74, 6) is 0. The number of rotatable bonds is 10. The van der Waals surface area contributed by atoms with E-state index in [9.17, 15) is 9.59 Å². The number of benzene rings is 13. The van der Waals surface area contributed by atoms with Crippen LogP contribution in [0, 0.1) is 0 Å². The van der Waals surface area contributed by atoms with E-state index in [2.05, 4.69) is 268 Å². The van der Waals surface area contributed by atoms with Crippen LogP contribution in [0.25, 0.3) is 143 Å². The van der Waals surface area contributed by atoms with Crippen LogP contribution in [-0.2, 0) is 5.41 Å². The highest BCUT2D eigenvalue weighted by Crippen LogP contribution is 2.50. The number of allylic oxidation sites excluding steroid dienone is 4. The standard InChI is InChI=1S/C49H35NO.C40H28N2O.C2H6/c1-3-15-34(4-2)41-28-42(37-20-12-7-13-21-37)30-43(29-41)38-22-14-23-44(31-38)50-48-27-25-40(36-18-10-6-11-19-36)33-47(48)46-32-39(24-26-45(46)49(50)51)35-16-8-5-9-17-35;1-40(2)34-16-8-5-12-28(34)32-23-33-27-11-3-4-15-31(27)39(43)42(38(33)24-35(32)40)26-21-19-25(20-22-26)41-36-17-9-6-13-29(36)30-14-7-10-18-37(30)41;1-2/h3-33H,1-2H2;3-24H,1-2H3;1-2H3/b34-15+;;. The number of aromatic nitrogens is 3. The molecule has 0 saturated heterocycles. The Morgan fingerprint density at radius 2 is 0.771 bits per heavy atom. The topological polar surface area (TPSA) is 48.9 Å². The first-order valence-electron chi connectivity index (χ1n) is 32.9. The maximum Gasteiger partial charge on any atom is 0.263 e. The van der Waals surface area contributed by atoms with E-state index < -0.39 is 0 Å². The minimum atomic E-state index is -0.160. The fourth-order valence-corrected chi connectivity index (χ4v) is 14.5. The van der Waals surface area contributed by atoms with E-state index in [0.717, 1.165) is 111 Å². The minimum absolute atomic E-state index is 0.000908. The third-order valence-corrected chi connectivity index (χ3v) is 19.1. The van der Waals surface area contributed by atoms with Crippen LogP contribution < -0.4 is 11.1 Å². The summed E-state index contributed by atoms with van der Waals surface area (Å²) >= 11 is 0. The molecule has 0 unspecified atom stereocenters. The summed E-state index contributed by atoms with van der Waals surface area (Å²) in [6.07, 6.45) is 5.63. The number of nitrogens with zero attached hydrogens (tertiary/aromatic N) is 3. The number of pyridine rings is 2. The highest BCUT2D eigenvalue weighted by atomic mass is 16.1. The lowest BCUT2D eigenvalue weighted by Crippen LogP contribution is -2.20. The second kappa shape index (κ2) is 25.0. The summed E-state index contributed by atoms with van der Waals surface area (Å²) in [7, 11) is 0. The van der Waals surface area contributed by atoms with E-state index in [1.54, 1.807) is 6.08 Å². The minimum Gasteiger partial charge on any atom is -0.309 e. The van der Waals surface area contributed by atoms with Crippen LogP contribution in [0.1, 0.15) is 44.4 Å². The molecule has 0 radical (unpaired) electrons. The molecule has 0 spiro atoms. The van der Waals surface area contributed by atoms with Gasteiger partial charge in [-0.05, 0) is 198 Å². The molecule has 0 N–H and O–H groups in total. The molecular weight excluding hydrogens is 1170 g/mol. The molecule has 460 valence electrons. The number of hydrogen-bond acceptors (Lipinski definition) is 2. The zero-order chi connectivity index (χ0) is 65.6. The molecule has 0 saturated carbocycles. The number of para-hydroxylation sites is 2. The molecule has 0 aliphatic heterocycles. The quantitative estimate of drug-likeness (QED) is 0.101. The Kier molecular flexibility index (Phi) is 15.7. The molecular formula is C91H69N3O2. The highest BCUT2D eigenvalue weighted by molar-refractivity contribution is 6.11. The molecule has 17 rings (SSSR count). The first-order valence-corrected chi connectivity index (χ1v) is 32.9. The van der Waals surface area contributed by atoms with E-state index in [-0.39, 0.29) is 16.5 Å². The maximum atomic E-state index is 14.6. The average Bonchev–Trinajstić information content (AvgIpc) is 1.42. The van der Waals surface area contributed by atoms with Crippen LogP contribution in [0.3, 0.4) is 0 Å². The van der Waals surface area contributed by atoms with Gasteiger partial charge in [0, 0.05) is 54.8 Å². The van der Waals surface area contributed by atoms with Crippen LogP contribution in [0.5, 0.6) is 0 Å². The fraction of sp³-hybridized carbons (Fsp3) is 0.0549. The Labute approximate surface area is 559 Å². The van der Waals surface area contributed by atoms with Crippen molar-refractivity contribution < 1.29 is 0 Å². The highest BCUT2D eigenvalue weighted by Gasteiger charge is 2.36. The SMILES string of the molecule is C=C/C=C(\C=C)c1cc(-c2ccccc2)cc(-c2cccc(-n3c(=O)c4ccc(-c5ccccc5)cc4c4cc(-c5ccccc5)ccc43)c2)c1.CC.CC1(C)c2ccccc2-c2cc3c4ccccc4c(=O)n(-c4ccc(-n5c6ccccc6c6ccccc65)cc4)c3cc21. The largest absolute Gasteiger partial charge is 0.309 e. The van der Waals surface area contributed by atoms with Crippen molar-refractivity contribution in [3.8, 4) is 72.7 Å². The van der Waals surface area contributed by atoms with Crippen molar-refractivity contribution in [3.05, 3.63) is 372 Å². The van der Waals surface area contributed by atoms with Gasteiger partial charge in [-0.1, -0.05) is 253 Å². The fourth-order valence-electron chi connectivity index (χ4n) is 14.5. The lowest BCUT2D eigenvalue weighted by molar-refractivity contribution is 0.661. The number of hydrogen-bond donors (Lipinski definition) is 0. The molecule has 5 nitrogen and oxygen atoms in total. The van der Waals surface area contributed by atoms with Gasteiger partial charge in [-0.15, -0.1) is 0 Å². The maximum absolute atomic E-state index is 14.6. The zero-order valence-corrected chi connectivity index (χ0v) is 54.2. The molecule has 0 amide bonds. The molecule has 3 aromatic heterocycles. The summed E-state index contributed by atoms with van der Waals surface area (Å²) in [5, 5.41) is 7.91. The molecule has 0 atom stereocenters. The monoisotopic (exact) mass is 1240 g/mol. The van der Waals surface area contributed by atoms with Gasteiger partial charge in [0.25, 0.3) is 11.1 Å². The third kappa shape index (κ3) is 10.4. The van der Waals surface area contributed by atoms with Crippen molar-refractivity contribution in [2.45, 2.75) is 33.1 Å². The summed E-state index contributed by atoms with van der Waals surface area (Å²) in [6.45, 7) is 16.6. The smallest absolute Gasteiger partial charge is 0.263 e. The van der Waals surface area contributed by atoms with Gasteiger partial charge in [-0.2, -0.15) is 0 Å². The molecule has 3 heterocycles. The van der Waals surface area contributed by atoms with Crippen molar-refractivity contribution in [1.82, 2.24) is 13.7 Å². The molecule has 1 aliphatic carbocycles. The van der Waals surface area contributed by atoms with E-state index in [1.807, 2.05) is 102 Å². The van der Waals surface area contributed by atoms with Gasteiger partial charge < -0.3 is 4.57 Å². The van der Waals surface area contributed by atoms with Crippen LogP contribution in [0.2, 0.25) is 0 Å². The van der Waals surface area contributed by atoms with Crippen LogP contribution in [0.4, 0.5) is 0 Å². The van der Waals surface area contributed by atoms with Gasteiger partial charge in [0.2, 0.25) is 0 Å². The van der Waals surface area contributed by atoms with Gasteiger partial charge in [-0.3, -0.25) is 18.7 Å². The summed E-state index contributed by atoms with van der Waals surface area (Å²) in [5.41, 5.74) is 22.5. The van der Waals surface area contributed by atoms with Crippen molar-refractivity contribution in [3.63, 3.8) is 0 Å². The van der Waals surface area contributed by atoms with Crippen LogP contribution in [-0.4, -0.2) is 13.7 Å². The van der Waals surface area contributed by atoms with Crippen LogP contribution in [0.15, 0.2) is 344 Å². The first kappa shape index (κ1) is 60.1. The van der Waals surface area contributed by atoms with E-state index >= 15 is 0 Å². The Bertz CT molecular complexity index is 5840. The van der Waals surface area contributed by atoms with E-state index in [4.69, 9.17) is 0 Å². The molecule has 96 heavy (non-hydrogen) atoms. The predicted molar refractivity (Wildman–Crippen MR) is 407 cm³/mol. The lowest BCUT2D eigenvalue weighted by Gasteiger charge is -2.23. The Hall–Kier alpha value is -12.2. The molecule has 5 heteroatoms. The van der Waals surface area contributed by atoms with Gasteiger partial charge >= 0.3 is 0 Å².